The Morgan fingerprint density at radius 3 is 2.62 bits per heavy atom. The van der Waals surface area contributed by atoms with E-state index in [4.69, 9.17) is 14.5 Å². The van der Waals surface area contributed by atoms with E-state index in [0.29, 0.717) is 0 Å². The molecule has 6 heteroatoms. The van der Waals surface area contributed by atoms with Crippen LogP contribution in [0, 0.1) is 0 Å². The van der Waals surface area contributed by atoms with Crippen LogP contribution in [0.25, 0.3) is 0 Å². The molecule has 0 aliphatic carbocycles. The van der Waals surface area contributed by atoms with Crippen molar-refractivity contribution in [3.8, 4) is 11.5 Å². The molecule has 1 aromatic heterocycles. The van der Waals surface area contributed by atoms with Gasteiger partial charge in [-0.05, 0) is 30.5 Å². The van der Waals surface area contributed by atoms with Gasteiger partial charge in [0, 0.05) is 50.9 Å². The van der Waals surface area contributed by atoms with E-state index in [2.05, 4.69) is 26.9 Å². The van der Waals surface area contributed by atoms with Gasteiger partial charge < -0.3 is 14.4 Å². The standard InChI is InChI=1S/C20H26N4O2/c1-25-18-6-5-15(11-19(18)26-2)13-23-10-7-17-16(14-23)12-21-20(22-17)24-8-3-4-9-24/h5-6,11-12H,3-4,7-10,13-14H2,1-2H3. The summed E-state index contributed by atoms with van der Waals surface area (Å²) in [7, 11) is 3.34. The van der Waals surface area contributed by atoms with Crippen molar-refractivity contribution in [2.45, 2.75) is 32.4 Å². The minimum absolute atomic E-state index is 0.767. The van der Waals surface area contributed by atoms with Crippen LogP contribution in [0.3, 0.4) is 0 Å². The molecular weight excluding hydrogens is 328 g/mol. The maximum absolute atomic E-state index is 5.42. The SMILES string of the molecule is COc1ccc(CN2CCc3nc(N4CCCC4)ncc3C2)cc1OC. The van der Waals surface area contributed by atoms with Crippen molar-refractivity contribution in [1.82, 2.24) is 14.9 Å². The second-order valence-electron chi connectivity index (χ2n) is 6.99. The number of aromatic nitrogens is 2. The van der Waals surface area contributed by atoms with Crippen LogP contribution in [-0.4, -0.2) is 48.7 Å². The Kier molecular flexibility index (Phi) is 4.93. The maximum Gasteiger partial charge on any atom is 0.225 e. The normalized spacial score (nSPS) is 17.2. The molecule has 138 valence electrons. The molecular formula is C20H26N4O2. The fourth-order valence-corrected chi connectivity index (χ4v) is 3.81. The lowest BCUT2D eigenvalue weighted by Gasteiger charge is -2.29. The molecule has 0 radical (unpaired) electrons. The van der Waals surface area contributed by atoms with Crippen LogP contribution in [-0.2, 0) is 19.5 Å². The topological polar surface area (TPSA) is 50.7 Å². The van der Waals surface area contributed by atoms with E-state index in [1.54, 1.807) is 14.2 Å². The third kappa shape index (κ3) is 3.46. The largest absolute Gasteiger partial charge is 0.493 e. The van der Waals surface area contributed by atoms with Crippen molar-refractivity contribution in [2.75, 3.05) is 38.8 Å². The molecule has 3 heterocycles. The number of fused-ring (bicyclic) bond motifs is 1. The van der Waals surface area contributed by atoms with Gasteiger partial charge in [-0.1, -0.05) is 6.07 Å². The molecule has 0 spiro atoms. The minimum atomic E-state index is 0.767. The van der Waals surface area contributed by atoms with E-state index in [1.165, 1.54) is 29.7 Å². The number of hydrogen-bond acceptors (Lipinski definition) is 6. The summed E-state index contributed by atoms with van der Waals surface area (Å²) >= 11 is 0. The summed E-state index contributed by atoms with van der Waals surface area (Å²) < 4.78 is 10.7. The summed E-state index contributed by atoms with van der Waals surface area (Å²) in [5.41, 5.74) is 3.69. The number of anilines is 1. The van der Waals surface area contributed by atoms with Crippen molar-refractivity contribution >= 4 is 5.95 Å². The highest BCUT2D eigenvalue weighted by atomic mass is 16.5. The lowest BCUT2D eigenvalue weighted by molar-refractivity contribution is 0.242. The molecule has 1 fully saturated rings. The number of benzene rings is 1. The fraction of sp³-hybridized carbons (Fsp3) is 0.500. The Morgan fingerprint density at radius 2 is 1.85 bits per heavy atom. The lowest BCUT2D eigenvalue weighted by Crippen LogP contribution is -2.31. The number of rotatable bonds is 5. The minimum Gasteiger partial charge on any atom is -0.493 e. The van der Waals surface area contributed by atoms with Gasteiger partial charge in [0.2, 0.25) is 5.95 Å². The molecule has 0 saturated carbocycles. The summed E-state index contributed by atoms with van der Waals surface area (Å²) in [6.07, 6.45) is 5.50. The van der Waals surface area contributed by atoms with E-state index in [1.807, 2.05) is 12.3 Å². The third-order valence-electron chi connectivity index (χ3n) is 5.24. The highest BCUT2D eigenvalue weighted by Gasteiger charge is 2.21. The Balaban J connectivity index is 1.45. The van der Waals surface area contributed by atoms with Gasteiger partial charge in [-0.25, -0.2) is 9.97 Å². The maximum atomic E-state index is 5.42. The summed E-state index contributed by atoms with van der Waals surface area (Å²) in [4.78, 5) is 14.2. The number of methoxy groups -OCH3 is 2. The second kappa shape index (κ2) is 7.50. The molecule has 0 unspecified atom stereocenters. The number of hydrogen-bond donors (Lipinski definition) is 0. The molecule has 0 atom stereocenters. The van der Waals surface area contributed by atoms with Crippen molar-refractivity contribution < 1.29 is 9.47 Å². The van der Waals surface area contributed by atoms with Crippen molar-refractivity contribution in [1.29, 1.82) is 0 Å². The highest BCUT2D eigenvalue weighted by molar-refractivity contribution is 5.43. The van der Waals surface area contributed by atoms with Gasteiger partial charge in [0.25, 0.3) is 0 Å². The molecule has 2 aliphatic heterocycles. The summed E-state index contributed by atoms with van der Waals surface area (Å²) in [6, 6.07) is 6.13. The van der Waals surface area contributed by atoms with E-state index < -0.39 is 0 Å². The Labute approximate surface area is 154 Å². The molecule has 4 rings (SSSR count). The molecule has 0 bridgehead atoms. The van der Waals surface area contributed by atoms with Crippen LogP contribution in [0.2, 0.25) is 0 Å². The monoisotopic (exact) mass is 354 g/mol. The molecule has 0 amide bonds. The Bertz CT molecular complexity index is 774. The highest BCUT2D eigenvalue weighted by Crippen LogP contribution is 2.29. The Hall–Kier alpha value is -2.34. The molecule has 1 aromatic carbocycles. The first-order valence-corrected chi connectivity index (χ1v) is 9.30. The van der Waals surface area contributed by atoms with Crippen LogP contribution in [0.15, 0.2) is 24.4 Å². The predicted molar refractivity (Wildman–Crippen MR) is 101 cm³/mol. The zero-order chi connectivity index (χ0) is 17.9. The van der Waals surface area contributed by atoms with Crippen LogP contribution in [0.4, 0.5) is 5.95 Å². The zero-order valence-corrected chi connectivity index (χ0v) is 15.6. The third-order valence-corrected chi connectivity index (χ3v) is 5.24. The van der Waals surface area contributed by atoms with Crippen LogP contribution >= 0.6 is 0 Å². The molecule has 26 heavy (non-hydrogen) atoms. The van der Waals surface area contributed by atoms with Crippen LogP contribution in [0.5, 0.6) is 11.5 Å². The summed E-state index contributed by atoms with van der Waals surface area (Å²) in [6.45, 7) is 4.96. The molecule has 2 aliphatic rings. The quantitative estimate of drug-likeness (QED) is 0.823. The molecule has 1 saturated heterocycles. The molecule has 2 aromatic rings. The van der Waals surface area contributed by atoms with Crippen molar-refractivity contribution in [3.63, 3.8) is 0 Å². The van der Waals surface area contributed by atoms with Crippen LogP contribution < -0.4 is 14.4 Å². The first-order chi connectivity index (χ1) is 12.8. The van der Waals surface area contributed by atoms with E-state index in [0.717, 1.165) is 56.6 Å². The van der Waals surface area contributed by atoms with Gasteiger partial charge in [0.1, 0.15) is 0 Å². The average molecular weight is 354 g/mol. The van der Waals surface area contributed by atoms with Crippen molar-refractivity contribution in [3.05, 3.63) is 41.2 Å². The number of nitrogens with zero attached hydrogens (tertiary/aromatic N) is 4. The van der Waals surface area contributed by atoms with Gasteiger partial charge in [-0.2, -0.15) is 0 Å². The lowest BCUT2D eigenvalue weighted by atomic mass is 10.1. The molecule has 0 N–H and O–H groups in total. The number of ether oxygens (including phenoxy) is 2. The smallest absolute Gasteiger partial charge is 0.225 e. The van der Waals surface area contributed by atoms with Gasteiger partial charge >= 0.3 is 0 Å². The van der Waals surface area contributed by atoms with Crippen LogP contribution in [0.1, 0.15) is 29.7 Å². The van der Waals surface area contributed by atoms with E-state index in [9.17, 15) is 0 Å². The predicted octanol–water partition coefficient (Wildman–Crippen LogP) is 2.65. The molecule has 6 nitrogen and oxygen atoms in total. The van der Waals surface area contributed by atoms with Gasteiger partial charge in [-0.15, -0.1) is 0 Å². The second-order valence-corrected chi connectivity index (χ2v) is 6.99. The fourth-order valence-electron chi connectivity index (χ4n) is 3.81. The van der Waals surface area contributed by atoms with E-state index >= 15 is 0 Å². The summed E-state index contributed by atoms with van der Waals surface area (Å²) in [5, 5.41) is 0. The first-order valence-electron chi connectivity index (χ1n) is 9.30. The van der Waals surface area contributed by atoms with Gasteiger partial charge in [0.15, 0.2) is 11.5 Å². The zero-order valence-electron chi connectivity index (χ0n) is 15.6. The first kappa shape index (κ1) is 17.1. The van der Waals surface area contributed by atoms with Crippen molar-refractivity contribution in [2.24, 2.45) is 0 Å². The average Bonchev–Trinajstić information content (AvgIpc) is 3.22. The van der Waals surface area contributed by atoms with E-state index in [-0.39, 0.29) is 0 Å². The van der Waals surface area contributed by atoms with Gasteiger partial charge in [0.05, 0.1) is 19.9 Å². The Morgan fingerprint density at radius 1 is 1.04 bits per heavy atom. The summed E-state index contributed by atoms with van der Waals surface area (Å²) in [5.74, 6) is 2.46. The van der Waals surface area contributed by atoms with Gasteiger partial charge in [-0.3, -0.25) is 4.90 Å².